The maximum absolute atomic E-state index is 2.54. The van der Waals surface area contributed by atoms with E-state index in [9.17, 15) is 0 Å². The van der Waals surface area contributed by atoms with Crippen LogP contribution in [0.3, 0.4) is 0 Å². The van der Waals surface area contributed by atoms with Crippen molar-refractivity contribution in [2.24, 2.45) is 0 Å². The molecule has 2 aromatic heterocycles. The molecule has 0 N–H and O–H groups in total. The zero-order valence-electron chi connectivity index (χ0n) is 39.4. The fraction of sp³-hybridized carbons (Fsp3) is 0.213. The number of fused-ring (bicyclic) bond motifs is 7. The SMILES string of the molecule is Cc1cc(C)cc(N(c2cc(C)cc(C)c2)c2cccc(-c3c(C)c4c5ccccc5n(-c5ccc(C(C)(C)C)cc5)c4c4c3c3ccccc3n4-c3ccc(C(C)(C)C)cc3)c2)c1. The zero-order valence-corrected chi connectivity index (χ0v) is 39.4. The van der Waals surface area contributed by atoms with Crippen LogP contribution in [-0.4, -0.2) is 9.13 Å². The van der Waals surface area contributed by atoms with Crippen LogP contribution in [0.2, 0.25) is 0 Å². The normalized spacial score (nSPS) is 12.3. The van der Waals surface area contributed by atoms with Crippen molar-refractivity contribution < 1.29 is 0 Å². The van der Waals surface area contributed by atoms with Crippen LogP contribution in [0, 0.1) is 34.6 Å². The Kier molecular flexibility index (Phi) is 9.76. The highest BCUT2D eigenvalue weighted by Gasteiger charge is 2.28. The third-order valence-corrected chi connectivity index (χ3v) is 13.3. The molecule has 0 aliphatic heterocycles. The number of rotatable bonds is 6. The van der Waals surface area contributed by atoms with Gasteiger partial charge in [0.25, 0.3) is 0 Å². The van der Waals surface area contributed by atoms with Crippen LogP contribution in [0.5, 0.6) is 0 Å². The standard InChI is InChI=1S/C61H59N3/c1-38-31-39(2)34-49(33-38)62(50-35-40(3)32-41(4)36-50)48-18-16-17-43(37-48)55-42(5)56-51-19-12-14-21-53(51)63(46-27-23-44(24-28-46)60(6,7)8)58(56)59-57(55)52-20-13-15-22-54(52)64(59)47-29-25-45(26-30-47)61(9,10)11/h12-37H,1-11H3. The van der Waals surface area contributed by atoms with Crippen molar-refractivity contribution in [2.45, 2.75) is 87.0 Å². The average Bonchev–Trinajstić information content (AvgIpc) is 3.77. The molecule has 0 radical (unpaired) electrons. The van der Waals surface area contributed by atoms with Crippen LogP contribution < -0.4 is 4.90 Å². The first-order valence-corrected chi connectivity index (χ1v) is 22.8. The fourth-order valence-corrected chi connectivity index (χ4v) is 10.4. The van der Waals surface area contributed by atoms with Crippen LogP contribution in [-0.2, 0) is 10.8 Å². The Bertz CT molecular complexity index is 3340. The number of benzene rings is 8. The molecule has 0 unspecified atom stereocenters. The van der Waals surface area contributed by atoms with Gasteiger partial charge in [0.05, 0.1) is 22.1 Å². The van der Waals surface area contributed by atoms with E-state index in [0.717, 1.165) is 28.4 Å². The van der Waals surface area contributed by atoms with E-state index in [1.807, 2.05) is 0 Å². The van der Waals surface area contributed by atoms with Crippen LogP contribution in [0.4, 0.5) is 17.1 Å². The minimum Gasteiger partial charge on any atom is -0.310 e. The van der Waals surface area contributed by atoms with E-state index in [-0.39, 0.29) is 10.8 Å². The number of nitrogens with zero attached hydrogens (tertiary/aromatic N) is 3. The zero-order chi connectivity index (χ0) is 44.8. The molecule has 0 fully saturated rings. The number of aryl methyl sites for hydroxylation is 5. The molecule has 3 nitrogen and oxygen atoms in total. The van der Waals surface area contributed by atoms with Crippen molar-refractivity contribution in [3.8, 4) is 22.5 Å². The van der Waals surface area contributed by atoms with E-state index in [0.29, 0.717) is 0 Å². The molecule has 0 spiro atoms. The smallest absolute Gasteiger partial charge is 0.0795 e. The Hall–Kier alpha value is -6.84. The summed E-state index contributed by atoms with van der Waals surface area (Å²) in [7, 11) is 0. The van der Waals surface area contributed by atoms with Crippen molar-refractivity contribution in [2.75, 3.05) is 4.90 Å². The highest BCUT2D eigenvalue weighted by Crippen LogP contribution is 2.50. The molecular formula is C61H59N3. The number of aromatic nitrogens is 2. The molecule has 10 rings (SSSR count). The quantitative estimate of drug-likeness (QED) is 0.163. The highest BCUT2D eigenvalue weighted by molar-refractivity contribution is 6.29. The third kappa shape index (κ3) is 6.90. The summed E-state index contributed by atoms with van der Waals surface area (Å²) in [5.74, 6) is 0. The lowest BCUT2D eigenvalue weighted by atomic mass is 9.87. The monoisotopic (exact) mass is 833 g/mol. The topological polar surface area (TPSA) is 13.1 Å². The summed E-state index contributed by atoms with van der Waals surface area (Å²) in [5, 5.41) is 5.03. The van der Waals surface area contributed by atoms with E-state index in [2.05, 4.69) is 248 Å². The van der Waals surface area contributed by atoms with Crippen molar-refractivity contribution in [1.29, 1.82) is 0 Å². The van der Waals surface area contributed by atoms with Gasteiger partial charge in [0, 0.05) is 50.0 Å². The largest absolute Gasteiger partial charge is 0.310 e. The predicted octanol–water partition coefficient (Wildman–Crippen LogP) is 17.2. The fourth-order valence-electron chi connectivity index (χ4n) is 10.4. The van der Waals surface area contributed by atoms with Gasteiger partial charge in [-0.05, 0) is 168 Å². The minimum absolute atomic E-state index is 0.0374. The van der Waals surface area contributed by atoms with Gasteiger partial charge < -0.3 is 14.0 Å². The molecule has 0 atom stereocenters. The Morgan fingerprint density at radius 1 is 0.391 bits per heavy atom. The lowest BCUT2D eigenvalue weighted by Crippen LogP contribution is -2.11. The maximum Gasteiger partial charge on any atom is 0.0795 e. The van der Waals surface area contributed by atoms with Crippen LogP contribution >= 0.6 is 0 Å². The summed E-state index contributed by atoms with van der Waals surface area (Å²) < 4.78 is 5.08. The first-order chi connectivity index (χ1) is 30.6. The minimum atomic E-state index is 0.0374. The van der Waals surface area contributed by atoms with Gasteiger partial charge in [-0.25, -0.2) is 0 Å². The van der Waals surface area contributed by atoms with E-state index in [1.165, 1.54) is 93.7 Å². The number of hydrogen-bond acceptors (Lipinski definition) is 1. The molecule has 0 saturated carbocycles. The molecular weight excluding hydrogens is 775 g/mol. The molecule has 8 aromatic carbocycles. The van der Waals surface area contributed by atoms with Crippen molar-refractivity contribution >= 4 is 60.7 Å². The van der Waals surface area contributed by atoms with Crippen molar-refractivity contribution in [1.82, 2.24) is 9.13 Å². The molecule has 0 amide bonds. The van der Waals surface area contributed by atoms with Gasteiger partial charge in [0.2, 0.25) is 0 Å². The van der Waals surface area contributed by atoms with Gasteiger partial charge in [-0.3, -0.25) is 0 Å². The van der Waals surface area contributed by atoms with Crippen LogP contribution in [0.1, 0.15) is 80.5 Å². The predicted molar refractivity (Wildman–Crippen MR) is 276 cm³/mol. The second-order valence-corrected chi connectivity index (χ2v) is 20.3. The van der Waals surface area contributed by atoms with Gasteiger partial charge in [-0.15, -0.1) is 0 Å². The summed E-state index contributed by atoms with van der Waals surface area (Å²) in [6.45, 7) is 24.9. The molecule has 318 valence electrons. The first kappa shape index (κ1) is 41.2. The Labute approximate surface area is 379 Å². The van der Waals surface area contributed by atoms with Gasteiger partial charge >= 0.3 is 0 Å². The van der Waals surface area contributed by atoms with E-state index in [1.54, 1.807) is 0 Å². The Morgan fingerprint density at radius 2 is 0.812 bits per heavy atom. The molecule has 0 aliphatic carbocycles. The molecule has 0 saturated heterocycles. The van der Waals surface area contributed by atoms with Gasteiger partial charge in [-0.1, -0.05) is 126 Å². The second-order valence-electron chi connectivity index (χ2n) is 20.3. The number of anilines is 3. The van der Waals surface area contributed by atoms with Crippen LogP contribution in [0.15, 0.2) is 158 Å². The van der Waals surface area contributed by atoms with E-state index < -0.39 is 0 Å². The Morgan fingerprint density at radius 3 is 1.27 bits per heavy atom. The summed E-state index contributed by atoms with van der Waals surface area (Å²) in [6.07, 6.45) is 0. The highest BCUT2D eigenvalue weighted by atomic mass is 15.1. The lowest BCUT2D eigenvalue weighted by molar-refractivity contribution is 0.590. The number of hydrogen-bond donors (Lipinski definition) is 0. The van der Waals surface area contributed by atoms with Crippen molar-refractivity contribution in [3.63, 3.8) is 0 Å². The Balaban J connectivity index is 1.36. The molecule has 64 heavy (non-hydrogen) atoms. The van der Waals surface area contributed by atoms with Gasteiger partial charge in [0.15, 0.2) is 0 Å². The second kappa shape index (κ2) is 15.2. The summed E-state index contributed by atoms with van der Waals surface area (Å²) in [6, 6.07) is 59.7. The van der Waals surface area contributed by atoms with E-state index in [4.69, 9.17) is 0 Å². The molecule has 0 bridgehead atoms. The summed E-state index contributed by atoms with van der Waals surface area (Å²) in [4.78, 5) is 2.45. The molecule has 3 heteroatoms. The van der Waals surface area contributed by atoms with E-state index >= 15 is 0 Å². The lowest BCUT2D eigenvalue weighted by Gasteiger charge is -2.28. The molecule has 0 aliphatic rings. The van der Waals surface area contributed by atoms with Crippen LogP contribution in [0.25, 0.3) is 66.1 Å². The molecule has 10 aromatic rings. The summed E-state index contributed by atoms with van der Waals surface area (Å²) >= 11 is 0. The van der Waals surface area contributed by atoms with Crippen molar-refractivity contribution in [3.05, 3.63) is 197 Å². The maximum atomic E-state index is 2.54. The molecule has 2 heterocycles. The third-order valence-electron chi connectivity index (χ3n) is 13.3. The first-order valence-electron chi connectivity index (χ1n) is 22.8. The average molecular weight is 834 g/mol. The summed E-state index contributed by atoms with van der Waals surface area (Å²) in [5.41, 5.74) is 22.0. The van der Waals surface area contributed by atoms with Gasteiger partial charge in [0.1, 0.15) is 0 Å². The number of para-hydroxylation sites is 2. The van der Waals surface area contributed by atoms with Gasteiger partial charge in [-0.2, -0.15) is 0 Å².